The van der Waals surface area contributed by atoms with Gasteiger partial charge in [0.05, 0.1) is 11.4 Å². The standard InChI is InChI=1S/C15H16N2/c1-15(2)10-6-3-4-9-13(10)17-14-11(15)7-5-8-12(14)16/h3-9,17H,16H2,1-2H3. The molecule has 0 saturated heterocycles. The van der Waals surface area contributed by atoms with Crippen LogP contribution in [0.1, 0.15) is 25.0 Å². The van der Waals surface area contributed by atoms with Gasteiger partial charge in [-0.25, -0.2) is 0 Å². The molecular weight excluding hydrogens is 208 g/mol. The highest BCUT2D eigenvalue weighted by Crippen LogP contribution is 2.46. The summed E-state index contributed by atoms with van der Waals surface area (Å²) in [5.41, 5.74) is 11.6. The van der Waals surface area contributed by atoms with E-state index in [1.807, 2.05) is 18.2 Å². The average molecular weight is 224 g/mol. The summed E-state index contributed by atoms with van der Waals surface area (Å²) >= 11 is 0. The molecule has 0 aromatic heterocycles. The molecular formula is C15H16N2. The minimum atomic E-state index is -0.00738. The van der Waals surface area contributed by atoms with Crippen LogP contribution in [0, 0.1) is 0 Å². The molecule has 0 saturated carbocycles. The number of nitrogens with two attached hydrogens (primary N) is 1. The van der Waals surface area contributed by atoms with Crippen LogP contribution >= 0.6 is 0 Å². The van der Waals surface area contributed by atoms with E-state index in [1.54, 1.807) is 0 Å². The Hall–Kier alpha value is -1.96. The van der Waals surface area contributed by atoms with E-state index in [9.17, 15) is 0 Å². The predicted molar refractivity (Wildman–Crippen MR) is 72.7 cm³/mol. The molecule has 0 amide bonds. The number of nitrogens with one attached hydrogen (secondary N) is 1. The maximum atomic E-state index is 6.06. The van der Waals surface area contributed by atoms with Crippen molar-refractivity contribution in [3.05, 3.63) is 53.6 Å². The normalized spacial score (nSPS) is 15.6. The molecule has 0 bridgehead atoms. The van der Waals surface area contributed by atoms with E-state index in [4.69, 9.17) is 5.73 Å². The Bertz CT molecular complexity index is 585. The predicted octanol–water partition coefficient (Wildman–Crippen LogP) is 3.65. The lowest BCUT2D eigenvalue weighted by atomic mass is 9.74. The first-order chi connectivity index (χ1) is 8.10. The van der Waals surface area contributed by atoms with Crippen molar-refractivity contribution >= 4 is 17.1 Å². The van der Waals surface area contributed by atoms with Crippen LogP contribution in [0.15, 0.2) is 42.5 Å². The number of rotatable bonds is 0. The molecule has 2 aromatic rings. The number of nitrogen functional groups attached to an aromatic ring is 1. The van der Waals surface area contributed by atoms with Crippen molar-refractivity contribution in [2.45, 2.75) is 19.3 Å². The Labute approximate surface area is 101 Å². The van der Waals surface area contributed by atoms with Gasteiger partial charge in [-0.1, -0.05) is 44.2 Å². The second-order valence-corrected chi connectivity index (χ2v) is 5.07. The van der Waals surface area contributed by atoms with Gasteiger partial charge in [-0.3, -0.25) is 0 Å². The van der Waals surface area contributed by atoms with Crippen LogP contribution < -0.4 is 11.1 Å². The van der Waals surface area contributed by atoms with Gasteiger partial charge in [0.25, 0.3) is 0 Å². The fourth-order valence-electron chi connectivity index (χ4n) is 2.65. The van der Waals surface area contributed by atoms with Crippen LogP contribution in [0.2, 0.25) is 0 Å². The largest absolute Gasteiger partial charge is 0.397 e. The van der Waals surface area contributed by atoms with Crippen LogP contribution in [0.25, 0.3) is 0 Å². The fraction of sp³-hybridized carbons (Fsp3) is 0.200. The topological polar surface area (TPSA) is 38.0 Å². The average Bonchev–Trinajstić information content (AvgIpc) is 2.31. The quantitative estimate of drug-likeness (QED) is 0.670. The van der Waals surface area contributed by atoms with Crippen molar-refractivity contribution in [2.75, 3.05) is 11.1 Å². The molecule has 2 nitrogen and oxygen atoms in total. The SMILES string of the molecule is CC1(C)c2ccccc2Nc2c(N)cccc21. The second kappa shape index (κ2) is 3.27. The smallest absolute Gasteiger partial charge is 0.0659 e. The number of hydrogen-bond donors (Lipinski definition) is 2. The Morgan fingerprint density at radius 2 is 1.65 bits per heavy atom. The molecule has 0 unspecified atom stereocenters. The number of anilines is 3. The summed E-state index contributed by atoms with van der Waals surface area (Å²) in [7, 11) is 0. The van der Waals surface area contributed by atoms with E-state index in [2.05, 4.69) is 43.4 Å². The van der Waals surface area contributed by atoms with E-state index >= 15 is 0 Å². The first-order valence-electron chi connectivity index (χ1n) is 5.86. The summed E-state index contributed by atoms with van der Waals surface area (Å²) in [5.74, 6) is 0. The van der Waals surface area contributed by atoms with E-state index in [1.165, 1.54) is 11.1 Å². The molecule has 86 valence electrons. The van der Waals surface area contributed by atoms with Crippen molar-refractivity contribution in [3.8, 4) is 0 Å². The zero-order valence-corrected chi connectivity index (χ0v) is 10.1. The summed E-state index contributed by atoms with van der Waals surface area (Å²) in [4.78, 5) is 0. The molecule has 1 aliphatic heterocycles. The van der Waals surface area contributed by atoms with Crippen LogP contribution in [-0.4, -0.2) is 0 Å². The van der Waals surface area contributed by atoms with Crippen molar-refractivity contribution in [1.82, 2.24) is 0 Å². The number of benzene rings is 2. The number of para-hydroxylation sites is 2. The molecule has 1 heterocycles. The monoisotopic (exact) mass is 224 g/mol. The summed E-state index contributed by atoms with van der Waals surface area (Å²) in [5, 5.41) is 3.44. The van der Waals surface area contributed by atoms with E-state index < -0.39 is 0 Å². The van der Waals surface area contributed by atoms with E-state index in [0.717, 1.165) is 17.1 Å². The molecule has 0 fully saturated rings. The lowest BCUT2D eigenvalue weighted by molar-refractivity contribution is 0.638. The highest BCUT2D eigenvalue weighted by molar-refractivity contribution is 5.83. The van der Waals surface area contributed by atoms with Crippen LogP contribution in [0.4, 0.5) is 17.1 Å². The molecule has 0 atom stereocenters. The van der Waals surface area contributed by atoms with Gasteiger partial charge < -0.3 is 11.1 Å². The third-order valence-electron chi connectivity index (χ3n) is 3.63. The van der Waals surface area contributed by atoms with Crippen molar-refractivity contribution in [2.24, 2.45) is 0 Å². The Morgan fingerprint density at radius 1 is 0.941 bits per heavy atom. The van der Waals surface area contributed by atoms with Crippen molar-refractivity contribution < 1.29 is 0 Å². The van der Waals surface area contributed by atoms with Gasteiger partial charge in [0.1, 0.15) is 0 Å². The van der Waals surface area contributed by atoms with Crippen molar-refractivity contribution in [1.29, 1.82) is 0 Å². The number of fused-ring (bicyclic) bond motifs is 2. The molecule has 2 aromatic carbocycles. The molecule has 0 aliphatic carbocycles. The molecule has 0 spiro atoms. The lowest BCUT2D eigenvalue weighted by Crippen LogP contribution is -2.26. The highest BCUT2D eigenvalue weighted by atomic mass is 14.9. The van der Waals surface area contributed by atoms with Gasteiger partial charge in [-0.15, -0.1) is 0 Å². The van der Waals surface area contributed by atoms with Gasteiger partial charge >= 0.3 is 0 Å². The second-order valence-electron chi connectivity index (χ2n) is 5.07. The molecule has 0 radical (unpaired) electrons. The van der Waals surface area contributed by atoms with Crippen LogP contribution in [-0.2, 0) is 5.41 Å². The highest BCUT2D eigenvalue weighted by Gasteiger charge is 2.32. The summed E-state index contributed by atoms with van der Waals surface area (Å²) in [6.45, 7) is 4.48. The molecule has 1 aliphatic rings. The Kier molecular flexibility index (Phi) is 1.96. The van der Waals surface area contributed by atoms with Crippen LogP contribution in [0.3, 0.4) is 0 Å². The van der Waals surface area contributed by atoms with Crippen LogP contribution in [0.5, 0.6) is 0 Å². The molecule has 3 N–H and O–H groups in total. The molecule has 17 heavy (non-hydrogen) atoms. The summed E-state index contributed by atoms with van der Waals surface area (Å²) in [6.07, 6.45) is 0. The summed E-state index contributed by atoms with van der Waals surface area (Å²) < 4.78 is 0. The maximum Gasteiger partial charge on any atom is 0.0659 e. The Morgan fingerprint density at radius 3 is 2.47 bits per heavy atom. The van der Waals surface area contributed by atoms with E-state index in [-0.39, 0.29) is 5.41 Å². The number of hydrogen-bond acceptors (Lipinski definition) is 2. The Balaban J connectivity index is 2.31. The van der Waals surface area contributed by atoms with E-state index in [0.29, 0.717) is 0 Å². The third-order valence-corrected chi connectivity index (χ3v) is 3.63. The zero-order valence-electron chi connectivity index (χ0n) is 10.1. The first-order valence-corrected chi connectivity index (χ1v) is 5.86. The van der Waals surface area contributed by atoms with Gasteiger partial charge in [0.2, 0.25) is 0 Å². The van der Waals surface area contributed by atoms with Gasteiger partial charge in [0.15, 0.2) is 0 Å². The lowest BCUT2D eigenvalue weighted by Gasteiger charge is -2.36. The van der Waals surface area contributed by atoms with Gasteiger partial charge in [-0.05, 0) is 23.3 Å². The first kappa shape index (κ1) is 10.2. The van der Waals surface area contributed by atoms with Gasteiger partial charge in [-0.2, -0.15) is 0 Å². The molecule has 3 rings (SSSR count). The van der Waals surface area contributed by atoms with Crippen molar-refractivity contribution in [3.63, 3.8) is 0 Å². The third kappa shape index (κ3) is 1.34. The van der Waals surface area contributed by atoms with Gasteiger partial charge in [0, 0.05) is 11.1 Å². The minimum absolute atomic E-state index is 0.00738. The summed E-state index contributed by atoms with van der Waals surface area (Å²) in [6, 6.07) is 14.5. The minimum Gasteiger partial charge on any atom is -0.397 e. The fourth-order valence-corrected chi connectivity index (χ4v) is 2.65. The molecule has 2 heteroatoms. The maximum absolute atomic E-state index is 6.06. The zero-order chi connectivity index (χ0) is 12.0.